The van der Waals surface area contributed by atoms with E-state index in [1.165, 1.54) is 12.0 Å². The highest BCUT2D eigenvalue weighted by Crippen LogP contribution is 2.64. The number of terminal acetylenes is 1. The summed E-state index contributed by atoms with van der Waals surface area (Å²) in [6.07, 6.45) is 14.5. The molecule has 0 aromatic rings. The van der Waals surface area contributed by atoms with Gasteiger partial charge in [0.25, 0.3) is 0 Å². The van der Waals surface area contributed by atoms with Crippen molar-refractivity contribution in [3.8, 4) is 12.3 Å². The Balaban J connectivity index is 1.67. The number of carbonyl (C=O) groups excluding carboxylic acids is 1. The van der Waals surface area contributed by atoms with Crippen LogP contribution in [0.5, 0.6) is 0 Å². The number of allylic oxidation sites excluding steroid dienone is 2. The molecular formula is C20H26O2. The molecule has 0 aromatic carbocycles. The Labute approximate surface area is 133 Å². The Morgan fingerprint density at radius 1 is 1.18 bits per heavy atom. The highest BCUT2D eigenvalue weighted by molar-refractivity contribution is 5.82. The molecule has 4 aliphatic carbocycles. The van der Waals surface area contributed by atoms with E-state index in [1.54, 1.807) is 5.57 Å². The summed E-state index contributed by atoms with van der Waals surface area (Å²) in [6.45, 7) is 2.23. The first-order valence-electron chi connectivity index (χ1n) is 8.91. The van der Waals surface area contributed by atoms with E-state index in [9.17, 15) is 9.90 Å². The number of aliphatic hydroxyl groups is 1. The fraction of sp³-hybridized carbons (Fsp3) is 0.750. The molecule has 0 bridgehead atoms. The predicted octanol–water partition coefficient (Wildman–Crippen LogP) is 3.64. The zero-order chi connectivity index (χ0) is 15.5. The van der Waals surface area contributed by atoms with Gasteiger partial charge in [-0.2, -0.15) is 0 Å². The summed E-state index contributed by atoms with van der Waals surface area (Å²) in [7, 11) is 0. The third kappa shape index (κ3) is 1.75. The van der Waals surface area contributed by atoms with Gasteiger partial charge in [0.15, 0.2) is 0 Å². The van der Waals surface area contributed by atoms with Crippen molar-refractivity contribution >= 4 is 5.78 Å². The molecule has 4 aliphatic rings. The Hall–Kier alpha value is -1.07. The van der Waals surface area contributed by atoms with Crippen LogP contribution in [0.3, 0.4) is 0 Å². The van der Waals surface area contributed by atoms with Gasteiger partial charge in [0.1, 0.15) is 11.4 Å². The zero-order valence-electron chi connectivity index (χ0n) is 13.5. The molecule has 4 rings (SSSR count). The van der Waals surface area contributed by atoms with Crippen LogP contribution in [0.1, 0.15) is 64.7 Å². The third-order valence-corrected chi connectivity index (χ3v) is 7.59. The van der Waals surface area contributed by atoms with Crippen LogP contribution in [0.2, 0.25) is 0 Å². The quantitative estimate of drug-likeness (QED) is 0.547. The third-order valence-electron chi connectivity index (χ3n) is 7.59. The molecule has 2 heteroatoms. The second-order valence-electron chi connectivity index (χ2n) is 8.26. The standard InChI is InChI=1S/C20H26O2/c1-3-20(22)11-9-18-17-6-4-13-12-14(21)5-7-15(13)16(17)8-10-19(18,20)2/h1,16-18,22H,4-12H2,2H3/t16?,17-,18?,19+,20+/m1/s1. The van der Waals surface area contributed by atoms with Gasteiger partial charge in [-0.15, -0.1) is 6.42 Å². The SMILES string of the molecule is C#C[C@]1(O)CCC2[C@@H]3CCC4=C(CCC(=O)C4)C3CC[C@@]21C. The van der Waals surface area contributed by atoms with Gasteiger partial charge in [-0.3, -0.25) is 4.79 Å². The Kier molecular flexibility index (Phi) is 3.11. The minimum Gasteiger partial charge on any atom is -0.377 e. The van der Waals surface area contributed by atoms with Crippen LogP contribution in [0.15, 0.2) is 11.1 Å². The number of rotatable bonds is 0. The van der Waals surface area contributed by atoms with E-state index >= 15 is 0 Å². The zero-order valence-corrected chi connectivity index (χ0v) is 13.5. The molecule has 2 saturated carbocycles. The van der Waals surface area contributed by atoms with Gasteiger partial charge in [-0.25, -0.2) is 0 Å². The normalized spacial score (nSPS) is 47.5. The van der Waals surface area contributed by atoms with E-state index in [0.717, 1.165) is 51.4 Å². The summed E-state index contributed by atoms with van der Waals surface area (Å²) in [4.78, 5) is 11.7. The molecule has 0 heterocycles. The average molecular weight is 298 g/mol. The number of Topliss-reactive ketones (excluding diaryl/α,β-unsaturated/α-hetero) is 1. The molecular weight excluding hydrogens is 272 g/mol. The first-order chi connectivity index (χ1) is 10.5. The Morgan fingerprint density at radius 3 is 2.77 bits per heavy atom. The molecule has 0 radical (unpaired) electrons. The molecule has 22 heavy (non-hydrogen) atoms. The number of carbonyl (C=O) groups is 1. The number of fused-ring (bicyclic) bond motifs is 4. The van der Waals surface area contributed by atoms with E-state index < -0.39 is 5.60 Å². The molecule has 2 fully saturated rings. The number of ketones is 1. The van der Waals surface area contributed by atoms with E-state index in [0.29, 0.717) is 23.5 Å². The first-order valence-corrected chi connectivity index (χ1v) is 8.91. The summed E-state index contributed by atoms with van der Waals surface area (Å²) in [5, 5.41) is 10.9. The molecule has 1 N–H and O–H groups in total. The van der Waals surface area contributed by atoms with Crippen LogP contribution in [0.25, 0.3) is 0 Å². The number of hydrogen-bond acceptors (Lipinski definition) is 2. The maximum Gasteiger partial charge on any atom is 0.137 e. The number of hydrogen-bond donors (Lipinski definition) is 1. The topological polar surface area (TPSA) is 37.3 Å². The van der Waals surface area contributed by atoms with Crippen molar-refractivity contribution in [2.75, 3.05) is 0 Å². The average Bonchev–Trinajstić information content (AvgIpc) is 2.79. The van der Waals surface area contributed by atoms with Gasteiger partial charge >= 0.3 is 0 Å². The highest BCUT2D eigenvalue weighted by atomic mass is 16.3. The second-order valence-corrected chi connectivity index (χ2v) is 8.26. The van der Waals surface area contributed by atoms with Crippen LogP contribution in [-0.4, -0.2) is 16.5 Å². The lowest BCUT2D eigenvalue weighted by Gasteiger charge is -2.53. The van der Waals surface area contributed by atoms with E-state index in [4.69, 9.17) is 6.42 Å². The lowest BCUT2D eigenvalue weighted by Crippen LogP contribution is -2.50. The molecule has 5 atom stereocenters. The monoisotopic (exact) mass is 298 g/mol. The summed E-state index contributed by atoms with van der Waals surface area (Å²) < 4.78 is 0. The molecule has 0 spiro atoms. The van der Waals surface area contributed by atoms with E-state index in [-0.39, 0.29) is 5.41 Å². The van der Waals surface area contributed by atoms with Crippen molar-refractivity contribution in [3.63, 3.8) is 0 Å². The second kappa shape index (κ2) is 4.71. The maximum atomic E-state index is 11.7. The van der Waals surface area contributed by atoms with Crippen molar-refractivity contribution in [2.24, 2.45) is 23.2 Å². The van der Waals surface area contributed by atoms with Crippen LogP contribution in [0.4, 0.5) is 0 Å². The Morgan fingerprint density at radius 2 is 2.00 bits per heavy atom. The first kappa shape index (κ1) is 14.5. The largest absolute Gasteiger partial charge is 0.377 e. The van der Waals surface area contributed by atoms with Crippen LogP contribution < -0.4 is 0 Å². The minimum absolute atomic E-state index is 0.106. The van der Waals surface area contributed by atoms with Crippen LogP contribution >= 0.6 is 0 Å². The van der Waals surface area contributed by atoms with Crippen molar-refractivity contribution in [2.45, 2.75) is 70.3 Å². The lowest BCUT2D eigenvalue weighted by atomic mass is 9.52. The van der Waals surface area contributed by atoms with E-state index in [2.05, 4.69) is 12.8 Å². The van der Waals surface area contributed by atoms with Crippen molar-refractivity contribution in [1.82, 2.24) is 0 Å². The van der Waals surface area contributed by atoms with Gasteiger partial charge in [0.05, 0.1) is 0 Å². The summed E-state index contributed by atoms with van der Waals surface area (Å²) in [5.41, 5.74) is 2.08. The molecule has 0 amide bonds. The summed E-state index contributed by atoms with van der Waals surface area (Å²) >= 11 is 0. The molecule has 2 unspecified atom stereocenters. The lowest BCUT2D eigenvalue weighted by molar-refractivity contribution is -0.119. The molecule has 0 aromatic heterocycles. The maximum absolute atomic E-state index is 11.7. The fourth-order valence-electron chi connectivity index (χ4n) is 6.30. The molecule has 118 valence electrons. The summed E-state index contributed by atoms with van der Waals surface area (Å²) in [6, 6.07) is 0. The van der Waals surface area contributed by atoms with Crippen molar-refractivity contribution in [1.29, 1.82) is 0 Å². The molecule has 0 aliphatic heterocycles. The highest BCUT2D eigenvalue weighted by Gasteiger charge is 2.61. The smallest absolute Gasteiger partial charge is 0.137 e. The Bertz CT molecular complexity index is 595. The van der Waals surface area contributed by atoms with Crippen LogP contribution in [0, 0.1) is 35.5 Å². The van der Waals surface area contributed by atoms with Gasteiger partial charge in [-0.05, 0) is 62.7 Å². The fourth-order valence-corrected chi connectivity index (χ4v) is 6.30. The van der Waals surface area contributed by atoms with Gasteiger partial charge < -0.3 is 5.11 Å². The minimum atomic E-state index is -0.903. The van der Waals surface area contributed by atoms with E-state index in [1.807, 2.05) is 0 Å². The van der Waals surface area contributed by atoms with Gasteiger partial charge in [0.2, 0.25) is 0 Å². The molecule has 2 nitrogen and oxygen atoms in total. The molecule has 0 saturated heterocycles. The van der Waals surface area contributed by atoms with Crippen LogP contribution in [-0.2, 0) is 4.79 Å². The predicted molar refractivity (Wildman–Crippen MR) is 85.9 cm³/mol. The summed E-state index contributed by atoms with van der Waals surface area (Å²) in [5.74, 6) is 5.06. The van der Waals surface area contributed by atoms with Gasteiger partial charge in [-0.1, -0.05) is 24.0 Å². The van der Waals surface area contributed by atoms with Gasteiger partial charge in [0, 0.05) is 18.3 Å². The van der Waals surface area contributed by atoms with Crippen molar-refractivity contribution in [3.05, 3.63) is 11.1 Å². The van der Waals surface area contributed by atoms with Crippen molar-refractivity contribution < 1.29 is 9.90 Å².